The van der Waals surface area contributed by atoms with Gasteiger partial charge in [0.05, 0.1) is 6.61 Å². The Morgan fingerprint density at radius 3 is 2.70 bits per heavy atom. The summed E-state index contributed by atoms with van der Waals surface area (Å²) in [6.45, 7) is 0.801. The summed E-state index contributed by atoms with van der Waals surface area (Å²) in [5.41, 5.74) is 9.03. The molecule has 0 spiro atoms. The molecule has 0 bridgehead atoms. The van der Waals surface area contributed by atoms with Crippen LogP contribution >= 0.6 is 15.9 Å². The molecule has 1 aliphatic heterocycles. The van der Waals surface area contributed by atoms with E-state index in [1.165, 1.54) is 49.7 Å². The lowest BCUT2D eigenvalue weighted by Gasteiger charge is -2.21. The summed E-state index contributed by atoms with van der Waals surface area (Å²) in [7, 11) is 0. The van der Waals surface area contributed by atoms with Gasteiger partial charge in [-0.2, -0.15) is 0 Å². The number of nitrogens with two attached hydrogens (primary N) is 1. The molecule has 1 aliphatic carbocycles. The van der Waals surface area contributed by atoms with E-state index in [1.807, 2.05) is 0 Å². The van der Waals surface area contributed by atoms with Crippen LogP contribution in [0.2, 0.25) is 0 Å². The topological polar surface area (TPSA) is 35.2 Å². The average Bonchev–Trinajstić information content (AvgIpc) is 2.74. The highest BCUT2D eigenvalue weighted by Gasteiger charge is 2.23. The molecule has 2 aliphatic rings. The number of halogens is 1. The van der Waals surface area contributed by atoms with E-state index in [2.05, 4.69) is 28.1 Å². The Kier molecular flexibility index (Phi) is 4.67. The Balaban J connectivity index is 1.75. The van der Waals surface area contributed by atoms with Crippen molar-refractivity contribution in [1.29, 1.82) is 0 Å². The van der Waals surface area contributed by atoms with Crippen molar-refractivity contribution >= 4 is 15.9 Å². The van der Waals surface area contributed by atoms with E-state index < -0.39 is 0 Å². The van der Waals surface area contributed by atoms with Gasteiger partial charge in [0.2, 0.25) is 0 Å². The lowest BCUT2D eigenvalue weighted by Crippen LogP contribution is -2.16. The lowest BCUT2D eigenvalue weighted by atomic mass is 9.89. The minimum atomic E-state index is 0.113. The average molecular weight is 338 g/mol. The Hall–Kier alpha value is -0.540. The zero-order valence-electron chi connectivity index (χ0n) is 12.0. The van der Waals surface area contributed by atoms with Gasteiger partial charge in [0.25, 0.3) is 0 Å². The van der Waals surface area contributed by atoms with Crippen molar-refractivity contribution < 1.29 is 4.74 Å². The summed E-state index contributed by atoms with van der Waals surface area (Å²) in [6.07, 6.45) is 10.4. The van der Waals surface area contributed by atoms with Crippen LogP contribution in [0.25, 0.3) is 0 Å². The maximum atomic E-state index is 6.52. The van der Waals surface area contributed by atoms with Gasteiger partial charge in [0, 0.05) is 22.5 Å². The van der Waals surface area contributed by atoms with E-state index >= 15 is 0 Å². The summed E-state index contributed by atoms with van der Waals surface area (Å²) >= 11 is 3.61. The first-order valence-electron chi connectivity index (χ1n) is 7.95. The Labute approximate surface area is 130 Å². The summed E-state index contributed by atoms with van der Waals surface area (Å²) in [5.74, 6) is 1.86. The molecule has 1 fully saturated rings. The van der Waals surface area contributed by atoms with Crippen LogP contribution in [0, 0.1) is 5.92 Å². The third-order valence-corrected chi connectivity index (χ3v) is 5.20. The van der Waals surface area contributed by atoms with E-state index in [-0.39, 0.29) is 6.04 Å². The van der Waals surface area contributed by atoms with Crippen LogP contribution < -0.4 is 10.5 Å². The smallest absolute Gasteiger partial charge is 0.127 e. The van der Waals surface area contributed by atoms with Crippen molar-refractivity contribution in [2.24, 2.45) is 11.7 Å². The predicted molar refractivity (Wildman–Crippen MR) is 86.1 cm³/mol. The molecule has 1 unspecified atom stereocenters. The minimum absolute atomic E-state index is 0.113. The molecular weight excluding hydrogens is 314 g/mol. The van der Waals surface area contributed by atoms with Crippen LogP contribution in [-0.2, 0) is 6.42 Å². The van der Waals surface area contributed by atoms with E-state index in [4.69, 9.17) is 10.5 Å². The molecule has 0 aromatic heterocycles. The second kappa shape index (κ2) is 6.48. The predicted octanol–water partition coefficient (Wildman–Crippen LogP) is 4.74. The van der Waals surface area contributed by atoms with Gasteiger partial charge >= 0.3 is 0 Å². The van der Waals surface area contributed by atoms with E-state index in [0.29, 0.717) is 0 Å². The quantitative estimate of drug-likeness (QED) is 0.808. The first-order valence-corrected chi connectivity index (χ1v) is 8.74. The van der Waals surface area contributed by atoms with Crippen molar-refractivity contribution in [3.05, 3.63) is 27.7 Å². The molecule has 3 heteroatoms. The number of fused-ring (bicyclic) bond motifs is 1. The Morgan fingerprint density at radius 1 is 1.20 bits per heavy atom. The van der Waals surface area contributed by atoms with Crippen LogP contribution in [-0.4, -0.2) is 6.61 Å². The normalized spacial score (nSPS) is 21.1. The van der Waals surface area contributed by atoms with Crippen molar-refractivity contribution in [1.82, 2.24) is 0 Å². The van der Waals surface area contributed by atoms with Crippen LogP contribution in [0.1, 0.15) is 62.1 Å². The van der Waals surface area contributed by atoms with Crippen molar-refractivity contribution in [2.45, 2.75) is 57.4 Å². The fourth-order valence-electron chi connectivity index (χ4n) is 3.66. The van der Waals surface area contributed by atoms with Gasteiger partial charge in [0.15, 0.2) is 0 Å². The first-order chi connectivity index (χ1) is 9.74. The second-order valence-electron chi connectivity index (χ2n) is 6.28. The van der Waals surface area contributed by atoms with Gasteiger partial charge in [-0.3, -0.25) is 0 Å². The summed E-state index contributed by atoms with van der Waals surface area (Å²) < 4.78 is 6.95. The zero-order valence-corrected chi connectivity index (χ0v) is 13.6. The number of hydrogen-bond acceptors (Lipinski definition) is 2. The largest absolute Gasteiger partial charge is 0.493 e. The number of ether oxygens (including phenoxy) is 1. The van der Waals surface area contributed by atoms with Gasteiger partial charge < -0.3 is 10.5 Å². The summed E-state index contributed by atoms with van der Waals surface area (Å²) in [6, 6.07) is 4.44. The van der Waals surface area contributed by atoms with Crippen LogP contribution in [0.5, 0.6) is 5.75 Å². The standard InChI is InChI=1S/C17H24BrNO/c18-14-10-13-7-8-20-17(13)15(11-14)16(19)9-12-5-3-1-2-4-6-12/h10-12,16H,1-9,19H2. The number of benzene rings is 1. The van der Waals surface area contributed by atoms with Crippen LogP contribution in [0.4, 0.5) is 0 Å². The molecule has 3 rings (SSSR count). The molecule has 1 aromatic rings. The summed E-state index contributed by atoms with van der Waals surface area (Å²) in [5, 5.41) is 0. The third kappa shape index (κ3) is 3.20. The van der Waals surface area contributed by atoms with E-state index in [1.54, 1.807) is 0 Å². The first kappa shape index (κ1) is 14.4. The van der Waals surface area contributed by atoms with Crippen molar-refractivity contribution in [3.63, 3.8) is 0 Å². The molecule has 1 heterocycles. The van der Waals surface area contributed by atoms with E-state index in [9.17, 15) is 0 Å². The second-order valence-corrected chi connectivity index (χ2v) is 7.20. The maximum absolute atomic E-state index is 6.52. The molecule has 1 aromatic carbocycles. The van der Waals surface area contributed by atoms with Gasteiger partial charge in [-0.25, -0.2) is 0 Å². The maximum Gasteiger partial charge on any atom is 0.127 e. The zero-order chi connectivity index (χ0) is 13.9. The molecule has 20 heavy (non-hydrogen) atoms. The fourth-order valence-corrected chi connectivity index (χ4v) is 4.18. The fraction of sp³-hybridized carbons (Fsp3) is 0.647. The van der Waals surface area contributed by atoms with Crippen molar-refractivity contribution in [3.8, 4) is 5.75 Å². The molecule has 0 amide bonds. The number of rotatable bonds is 3. The Bertz CT molecular complexity index is 466. The van der Waals surface area contributed by atoms with Crippen LogP contribution in [0.15, 0.2) is 16.6 Å². The molecule has 2 N–H and O–H groups in total. The molecule has 2 nitrogen and oxygen atoms in total. The summed E-state index contributed by atoms with van der Waals surface area (Å²) in [4.78, 5) is 0. The lowest BCUT2D eigenvalue weighted by molar-refractivity contribution is 0.343. The Morgan fingerprint density at radius 2 is 1.95 bits per heavy atom. The van der Waals surface area contributed by atoms with Gasteiger partial charge in [-0.1, -0.05) is 54.5 Å². The number of hydrogen-bond donors (Lipinski definition) is 1. The highest BCUT2D eigenvalue weighted by atomic mass is 79.9. The minimum Gasteiger partial charge on any atom is -0.493 e. The van der Waals surface area contributed by atoms with Crippen LogP contribution in [0.3, 0.4) is 0 Å². The monoisotopic (exact) mass is 337 g/mol. The highest BCUT2D eigenvalue weighted by Crippen LogP contribution is 2.39. The van der Waals surface area contributed by atoms with E-state index in [0.717, 1.165) is 35.6 Å². The molecule has 0 radical (unpaired) electrons. The van der Waals surface area contributed by atoms with Crippen molar-refractivity contribution in [2.75, 3.05) is 6.61 Å². The molecule has 110 valence electrons. The van der Waals surface area contributed by atoms with Gasteiger partial charge in [0.1, 0.15) is 5.75 Å². The molecule has 1 saturated carbocycles. The SMILES string of the molecule is NC(CC1CCCCCC1)c1cc(Br)cc2c1OCC2. The molecular formula is C17H24BrNO. The third-order valence-electron chi connectivity index (χ3n) is 4.74. The molecule has 1 atom stereocenters. The van der Waals surface area contributed by atoms with Gasteiger partial charge in [-0.05, 0) is 30.0 Å². The van der Waals surface area contributed by atoms with Gasteiger partial charge in [-0.15, -0.1) is 0 Å². The highest BCUT2D eigenvalue weighted by molar-refractivity contribution is 9.10. The molecule has 0 saturated heterocycles.